The van der Waals surface area contributed by atoms with Crippen molar-refractivity contribution in [3.8, 4) is 5.75 Å². The van der Waals surface area contributed by atoms with E-state index in [2.05, 4.69) is 5.32 Å². The number of ether oxygens (including phenoxy) is 2. The molecule has 0 aromatic heterocycles. The van der Waals surface area contributed by atoms with Crippen LogP contribution in [0.4, 0.5) is 0 Å². The van der Waals surface area contributed by atoms with Crippen molar-refractivity contribution in [3.63, 3.8) is 0 Å². The fourth-order valence-electron chi connectivity index (χ4n) is 4.78. The summed E-state index contributed by atoms with van der Waals surface area (Å²) in [6.45, 7) is 0.280. The van der Waals surface area contributed by atoms with Crippen molar-refractivity contribution in [2.24, 2.45) is 5.92 Å². The zero-order valence-corrected chi connectivity index (χ0v) is 17.2. The summed E-state index contributed by atoms with van der Waals surface area (Å²) >= 11 is 0. The topological polar surface area (TPSA) is 74.5 Å². The molecular formula is C24H33NO4. The number of nitrogens with one attached hydrogen (secondary N) is 1. The van der Waals surface area contributed by atoms with Crippen molar-refractivity contribution in [2.75, 3.05) is 0 Å². The van der Waals surface area contributed by atoms with Crippen molar-refractivity contribution in [2.45, 2.75) is 95.4 Å². The van der Waals surface area contributed by atoms with E-state index >= 15 is 0 Å². The molecule has 1 aromatic rings. The average molecular weight is 400 g/mol. The average Bonchev–Trinajstić information content (AvgIpc) is 3.51. The van der Waals surface area contributed by atoms with E-state index in [1.54, 1.807) is 0 Å². The van der Waals surface area contributed by atoms with E-state index in [4.69, 9.17) is 9.47 Å². The van der Waals surface area contributed by atoms with Crippen LogP contribution in [0.25, 0.3) is 0 Å². The predicted molar refractivity (Wildman–Crippen MR) is 111 cm³/mol. The van der Waals surface area contributed by atoms with E-state index in [0.29, 0.717) is 24.7 Å². The first-order valence-corrected chi connectivity index (χ1v) is 11.4. The normalized spacial score (nSPS) is 27.9. The molecule has 3 unspecified atom stereocenters. The van der Waals surface area contributed by atoms with Crippen LogP contribution in [0.15, 0.2) is 24.3 Å². The number of carbonyl (C=O) groups is 2. The maximum atomic E-state index is 12.2. The standard InChI is InChI=1S/C24H33NO4/c26-22-10-6-2-5-9-20(22)24-21(25-24)15-23(27)28-16-17-11-13-19(14-12-17)29-18-7-3-1-4-8-18/h11-14,18,20-21,24-25H,1-10,15-16H2. The lowest BCUT2D eigenvalue weighted by molar-refractivity contribution is -0.145. The van der Waals surface area contributed by atoms with E-state index in [-0.39, 0.29) is 30.6 Å². The van der Waals surface area contributed by atoms with Gasteiger partial charge in [0.1, 0.15) is 18.1 Å². The summed E-state index contributed by atoms with van der Waals surface area (Å²) in [5, 5.41) is 3.33. The maximum Gasteiger partial charge on any atom is 0.307 e. The number of carbonyl (C=O) groups excluding carboxylic acids is 2. The molecule has 3 atom stereocenters. The van der Waals surface area contributed by atoms with Gasteiger partial charge in [-0.1, -0.05) is 31.4 Å². The molecule has 0 spiro atoms. The molecule has 2 aliphatic carbocycles. The molecule has 1 saturated heterocycles. The number of Topliss-reactive ketones (excluding diaryl/α,β-unsaturated/α-hetero) is 1. The van der Waals surface area contributed by atoms with Crippen LogP contribution < -0.4 is 10.1 Å². The molecule has 0 bridgehead atoms. The summed E-state index contributed by atoms with van der Waals surface area (Å²) in [5.41, 5.74) is 0.966. The Morgan fingerprint density at radius 3 is 2.48 bits per heavy atom. The van der Waals surface area contributed by atoms with E-state index in [0.717, 1.165) is 49.8 Å². The van der Waals surface area contributed by atoms with Gasteiger partial charge in [-0.15, -0.1) is 0 Å². The first-order chi connectivity index (χ1) is 14.2. The van der Waals surface area contributed by atoms with Gasteiger partial charge in [0.15, 0.2) is 0 Å². The molecule has 3 aliphatic rings. The molecule has 0 amide bonds. The Kier molecular flexibility index (Phi) is 6.86. The van der Waals surface area contributed by atoms with Gasteiger partial charge >= 0.3 is 5.97 Å². The first-order valence-electron chi connectivity index (χ1n) is 11.4. The molecule has 5 heteroatoms. The number of hydrogen-bond donors (Lipinski definition) is 1. The molecule has 4 rings (SSSR count). The van der Waals surface area contributed by atoms with E-state index < -0.39 is 0 Å². The van der Waals surface area contributed by atoms with Gasteiger partial charge in [0, 0.05) is 24.4 Å². The number of hydrogen-bond acceptors (Lipinski definition) is 5. The summed E-state index contributed by atoms with van der Waals surface area (Å²) < 4.78 is 11.5. The van der Waals surface area contributed by atoms with Gasteiger partial charge in [-0.3, -0.25) is 9.59 Å². The highest BCUT2D eigenvalue weighted by molar-refractivity contribution is 5.83. The lowest BCUT2D eigenvalue weighted by atomic mass is 9.93. The molecular weight excluding hydrogens is 366 g/mol. The Morgan fingerprint density at radius 2 is 1.69 bits per heavy atom. The molecule has 158 valence electrons. The zero-order chi connectivity index (χ0) is 20.1. The monoisotopic (exact) mass is 399 g/mol. The summed E-state index contributed by atoms with van der Waals surface area (Å²) in [4.78, 5) is 24.4. The van der Waals surface area contributed by atoms with Crippen molar-refractivity contribution < 1.29 is 19.1 Å². The van der Waals surface area contributed by atoms with E-state index in [9.17, 15) is 9.59 Å². The molecule has 0 radical (unpaired) electrons. The second-order valence-electron chi connectivity index (χ2n) is 8.86. The van der Waals surface area contributed by atoms with Gasteiger partial charge in [0.05, 0.1) is 12.5 Å². The number of ketones is 1. The first kappa shape index (κ1) is 20.4. The van der Waals surface area contributed by atoms with Crippen LogP contribution in [0, 0.1) is 5.92 Å². The lowest BCUT2D eigenvalue weighted by Crippen LogP contribution is -2.22. The van der Waals surface area contributed by atoms with E-state index in [1.165, 1.54) is 19.3 Å². The Balaban J connectivity index is 1.17. The van der Waals surface area contributed by atoms with Crippen molar-refractivity contribution in [3.05, 3.63) is 29.8 Å². The van der Waals surface area contributed by atoms with Crippen molar-refractivity contribution >= 4 is 11.8 Å². The van der Waals surface area contributed by atoms with Crippen LogP contribution in [-0.2, 0) is 20.9 Å². The smallest absolute Gasteiger partial charge is 0.307 e. The van der Waals surface area contributed by atoms with Gasteiger partial charge in [0.2, 0.25) is 0 Å². The summed E-state index contributed by atoms with van der Waals surface area (Å²) in [6, 6.07) is 8.13. The SMILES string of the molecule is O=C(CC1NC1C1CCCCCC1=O)OCc1ccc(OC2CCCCC2)cc1. The Morgan fingerprint density at radius 1 is 0.966 bits per heavy atom. The minimum absolute atomic E-state index is 0.0898. The van der Waals surface area contributed by atoms with Crippen LogP contribution >= 0.6 is 0 Å². The van der Waals surface area contributed by atoms with Gasteiger partial charge in [-0.05, 0) is 56.2 Å². The number of esters is 1. The summed E-state index contributed by atoms with van der Waals surface area (Å²) in [7, 11) is 0. The van der Waals surface area contributed by atoms with Crippen LogP contribution in [-0.4, -0.2) is 29.9 Å². The van der Waals surface area contributed by atoms with Gasteiger partial charge < -0.3 is 14.8 Å². The van der Waals surface area contributed by atoms with Crippen LogP contribution in [0.3, 0.4) is 0 Å². The highest BCUT2D eigenvalue weighted by atomic mass is 16.5. The zero-order valence-electron chi connectivity index (χ0n) is 17.2. The molecule has 1 aromatic carbocycles. The Labute approximate surface area is 173 Å². The second-order valence-corrected chi connectivity index (χ2v) is 8.86. The van der Waals surface area contributed by atoms with E-state index in [1.807, 2.05) is 24.3 Å². The minimum atomic E-state index is -0.200. The summed E-state index contributed by atoms with van der Waals surface area (Å²) in [5.74, 6) is 1.15. The van der Waals surface area contributed by atoms with Crippen molar-refractivity contribution in [1.29, 1.82) is 0 Å². The Bertz CT molecular complexity index is 695. The van der Waals surface area contributed by atoms with Gasteiger partial charge in [-0.2, -0.15) is 0 Å². The molecule has 29 heavy (non-hydrogen) atoms. The second kappa shape index (κ2) is 9.75. The third-order valence-electron chi connectivity index (χ3n) is 6.58. The fourth-order valence-corrected chi connectivity index (χ4v) is 4.78. The lowest BCUT2D eigenvalue weighted by Gasteiger charge is -2.23. The molecule has 3 fully saturated rings. The highest BCUT2D eigenvalue weighted by Gasteiger charge is 2.46. The van der Waals surface area contributed by atoms with Crippen LogP contribution in [0.1, 0.15) is 76.2 Å². The van der Waals surface area contributed by atoms with Crippen LogP contribution in [0.2, 0.25) is 0 Å². The molecule has 1 heterocycles. The number of rotatable bonds is 7. The third kappa shape index (κ3) is 5.81. The van der Waals surface area contributed by atoms with Gasteiger partial charge in [0.25, 0.3) is 0 Å². The quantitative estimate of drug-likeness (QED) is 0.420. The Hall–Kier alpha value is -1.88. The number of benzene rings is 1. The minimum Gasteiger partial charge on any atom is -0.490 e. The summed E-state index contributed by atoms with van der Waals surface area (Å²) in [6.07, 6.45) is 11.7. The fraction of sp³-hybridized carbons (Fsp3) is 0.667. The predicted octanol–water partition coefficient (Wildman–Crippen LogP) is 4.32. The third-order valence-corrected chi connectivity index (χ3v) is 6.58. The highest BCUT2D eigenvalue weighted by Crippen LogP contribution is 2.32. The molecule has 1 aliphatic heterocycles. The molecule has 2 saturated carbocycles. The molecule has 5 nitrogen and oxygen atoms in total. The largest absolute Gasteiger partial charge is 0.490 e. The van der Waals surface area contributed by atoms with Gasteiger partial charge in [-0.25, -0.2) is 0 Å². The van der Waals surface area contributed by atoms with Crippen molar-refractivity contribution in [1.82, 2.24) is 5.32 Å². The molecule has 1 N–H and O–H groups in total. The van der Waals surface area contributed by atoms with Crippen LogP contribution in [0.5, 0.6) is 5.75 Å². The maximum absolute atomic E-state index is 12.2.